The van der Waals surface area contributed by atoms with E-state index in [4.69, 9.17) is 5.21 Å². The molecule has 0 bridgehead atoms. The molecule has 2 N–H and O–H groups in total. The number of aryl methyl sites for hydroxylation is 1. The van der Waals surface area contributed by atoms with Crippen LogP contribution < -0.4 is 4.90 Å². The van der Waals surface area contributed by atoms with Crippen molar-refractivity contribution in [3.8, 4) is 11.1 Å². The molecule has 0 saturated carbocycles. The molecule has 1 aromatic heterocycles. The predicted molar refractivity (Wildman–Crippen MR) is 137 cm³/mol. The van der Waals surface area contributed by atoms with E-state index in [-0.39, 0.29) is 5.91 Å². The molecule has 1 aliphatic rings. The van der Waals surface area contributed by atoms with Gasteiger partial charge in [-0.05, 0) is 65.9 Å². The highest BCUT2D eigenvalue weighted by molar-refractivity contribution is 6.16. The molecule has 2 heterocycles. The Hall–Kier alpha value is -4.38. The molecule has 6 rings (SSSR count). The van der Waals surface area contributed by atoms with Crippen LogP contribution in [-0.4, -0.2) is 22.3 Å². The average Bonchev–Trinajstić information content (AvgIpc) is 3.36. The van der Waals surface area contributed by atoms with Crippen LogP contribution in [0.5, 0.6) is 0 Å². The summed E-state index contributed by atoms with van der Waals surface area (Å²) in [7, 11) is 0. The van der Waals surface area contributed by atoms with Gasteiger partial charge in [-0.25, -0.2) is 0 Å². The fourth-order valence-electron chi connectivity index (χ4n) is 5.16. The van der Waals surface area contributed by atoms with Crippen molar-refractivity contribution in [1.29, 1.82) is 0 Å². The number of aromatic amines is 1. The van der Waals surface area contributed by atoms with E-state index in [0.717, 1.165) is 66.4 Å². The highest BCUT2D eigenvalue weighted by atomic mass is 16.4. The third-order valence-electron chi connectivity index (χ3n) is 6.81. The number of fused-ring (bicyclic) bond motifs is 4. The number of hydrogen-bond acceptors (Lipinski definition) is 3. The van der Waals surface area contributed by atoms with E-state index >= 15 is 0 Å². The molecule has 1 aliphatic heterocycles. The highest BCUT2D eigenvalue weighted by Crippen LogP contribution is 2.40. The molecule has 0 aliphatic carbocycles. The fraction of sp³-hybridized carbons (Fsp3) is 0.103. The van der Waals surface area contributed by atoms with Crippen molar-refractivity contribution in [2.75, 3.05) is 4.90 Å². The minimum absolute atomic E-state index is 0.0577. The SMILES string of the molecule is Cc1ccc2c(c1)C(=O)N(c1cccc(-c3cccc4[nH]c5cc(/C=N/O)ccc5c34)c1C)C2. The van der Waals surface area contributed by atoms with Crippen LogP contribution in [0, 0.1) is 13.8 Å². The van der Waals surface area contributed by atoms with Gasteiger partial charge >= 0.3 is 0 Å². The first-order chi connectivity index (χ1) is 16.5. The van der Waals surface area contributed by atoms with Crippen molar-refractivity contribution in [2.24, 2.45) is 5.16 Å². The Morgan fingerprint density at radius 2 is 1.74 bits per heavy atom. The number of carbonyl (C=O) groups excluding carboxylic acids is 1. The smallest absolute Gasteiger partial charge is 0.258 e. The van der Waals surface area contributed by atoms with Crippen LogP contribution in [0.25, 0.3) is 32.9 Å². The minimum atomic E-state index is 0.0577. The van der Waals surface area contributed by atoms with Crippen molar-refractivity contribution in [3.63, 3.8) is 0 Å². The number of hydrogen-bond donors (Lipinski definition) is 2. The van der Waals surface area contributed by atoms with E-state index in [2.05, 4.69) is 59.5 Å². The Kier molecular flexibility index (Phi) is 4.52. The molecule has 34 heavy (non-hydrogen) atoms. The summed E-state index contributed by atoms with van der Waals surface area (Å²) in [5.41, 5.74) is 10.0. The van der Waals surface area contributed by atoms with Gasteiger partial charge in [-0.15, -0.1) is 0 Å². The quantitative estimate of drug-likeness (QED) is 0.187. The molecular formula is C29H23N3O2. The van der Waals surface area contributed by atoms with E-state index in [1.165, 1.54) is 6.21 Å². The largest absolute Gasteiger partial charge is 0.411 e. The number of nitrogens with one attached hydrogen (secondary N) is 1. The molecule has 4 aromatic carbocycles. The van der Waals surface area contributed by atoms with Crippen molar-refractivity contribution < 1.29 is 10.0 Å². The second kappa shape index (κ2) is 7.59. The first kappa shape index (κ1) is 20.2. The fourth-order valence-corrected chi connectivity index (χ4v) is 5.16. The maximum atomic E-state index is 13.3. The Bertz CT molecular complexity index is 1640. The molecule has 0 radical (unpaired) electrons. The number of amides is 1. The molecule has 0 saturated heterocycles. The summed E-state index contributed by atoms with van der Waals surface area (Å²) in [6, 6.07) is 24.5. The molecule has 1 amide bonds. The van der Waals surface area contributed by atoms with E-state index in [1.54, 1.807) is 0 Å². The lowest BCUT2D eigenvalue weighted by atomic mass is 9.94. The van der Waals surface area contributed by atoms with Crippen molar-refractivity contribution >= 4 is 39.6 Å². The van der Waals surface area contributed by atoms with Crippen molar-refractivity contribution in [2.45, 2.75) is 20.4 Å². The highest BCUT2D eigenvalue weighted by Gasteiger charge is 2.30. The third kappa shape index (κ3) is 3.01. The van der Waals surface area contributed by atoms with Gasteiger partial charge in [0, 0.05) is 33.1 Å². The van der Waals surface area contributed by atoms with Gasteiger partial charge in [0.15, 0.2) is 0 Å². The maximum Gasteiger partial charge on any atom is 0.258 e. The van der Waals surface area contributed by atoms with Gasteiger partial charge in [0.25, 0.3) is 5.91 Å². The van der Waals surface area contributed by atoms with Gasteiger partial charge in [0.2, 0.25) is 0 Å². The Morgan fingerprint density at radius 3 is 2.59 bits per heavy atom. The molecule has 0 spiro atoms. The second-order valence-electron chi connectivity index (χ2n) is 8.90. The van der Waals surface area contributed by atoms with Gasteiger partial charge in [-0.2, -0.15) is 0 Å². The zero-order valence-electron chi connectivity index (χ0n) is 19.0. The van der Waals surface area contributed by atoms with Crippen molar-refractivity contribution in [1.82, 2.24) is 4.98 Å². The predicted octanol–water partition coefficient (Wildman–Crippen LogP) is 6.57. The van der Waals surface area contributed by atoms with Gasteiger partial charge in [-0.3, -0.25) is 4.79 Å². The number of oxime groups is 1. The van der Waals surface area contributed by atoms with Gasteiger partial charge in [0.1, 0.15) is 0 Å². The first-order valence-electron chi connectivity index (χ1n) is 11.3. The van der Waals surface area contributed by atoms with Gasteiger partial charge < -0.3 is 15.1 Å². The molecule has 0 unspecified atom stereocenters. The summed E-state index contributed by atoms with van der Waals surface area (Å²) in [4.78, 5) is 18.7. The van der Waals surface area contributed by atoms with Crippen LogP contribution in [0.15, 0.2) is 78.0 Å². The molecular weight excluding hydrogens is 422 g/mol. The summed E-state index contributed by atoms with van der Waals surface area (Å²) in [5, 5.41) is 14.3. The molecule has 0 atom stereocenters. The summed E-state index contributed by atoms with van der Waals surface area (Å²) < 4.78 is 0. The minimum Gasteiger partial charge on any atom is -0.411 e. The lowest BCUT2D eigenvalue weighted by Crippen LogP contribution is -2.24. The molecule has 5 heteroatoms. The average molecular weight is 446 g/mol. The first-order valence-corrected chi connectivity index (χ1v) is 11.3. The van der Waals surface area contributed by atoms with Crippen LogP contribution in [-0.2, 0) is 6.54 Å². The third-order valence-corrected chi connectivity index (χ3v) is 6.81. The van der Waals surface area contributed by atoms with Crippen LogP contribution >= 0.6 is 0 Å². The Labute approximate surface area is 197 Å². The monoisotopic (exact) mass is 445 g/mol. The van der Waals surface area contributed by atoms with Gasteiger partial charge in [0.05, 0.1) is 12.8 Å². The number of rotatable bonds is 3. The van der Waals surface area contributed by atoms with Crippen LogP contribution in [0.2, 0.25) is 0 Å². The topological polar surface area (TPSA) is 68.7 Å². The summed E-state index contributed by atoms with van der Waals surface area (Å²) in [6.07, 6.45) is 1.42. The zero-order valence-corrected chi connectivity index (χ0v) is 19.0. The number of benzene rings is 4. The normalized spacial score (nSPS) is 13.5. The van der Waals surface area contributed by atoms with Crippen molar-refractivity contribution in [3.05, 3.63) is 101 Å². The number of nitrogens with zero attached hydrogens (tertiary/aromatic N) is 2. The van der Waals surface area contributed by atoms with E-state index < -0.39 is 0 Å². The van der Waals surface area contributed by atoms with E-state index in [0.29, 0.717) is 6.54 Å². The lowest BCUT2D eigenvalue weighted by Gasteiger charge is -2.21. The molecule has 0 fully saturated rings. The van der Waals surface area contributed by atoms with Crippen LogP contribution in [0.3, 0.4) is 0 Å². The molecule has 5 nitrogen and oxygen atoms in total. The summed E-state index contributed by atoms with van der Waals surface area (Å²) in [5.74, 6) is 0.0577. The maximum absolute atomic E-state index is 13.3. The van der Waals surface area contributed by atoms with E-state index in [1.807, 2.05) is 42.2 Å². The number of carbonyl (C=O) groups is 1. The Balaban J connectivity index is 1.50. The summed E-state index contributed by atoms with van der Waals surface area (Å²) >= 11 is 0. The molecule has 5 aromatic rings. The number of aromatic nitrogens is 1. The zero-order chi connectivity index (χ0) is 23.4. The van der Waals surface area contributed by atoms with Crippen LogP contribution in [0.4, 0.5) is 5.69 Å². The van der Waals surface area contributed by atoms with Gasteiger partial charge in [-0.1, -0.05) is 59.3 Å². The summed E-state index contributed by atoms with van der Waals surface area (Å²) in [6.45, 7) is 4.70. The Morgan fingerprint density at radius 1 is 0.912 bits per heavy atom. The molecule has 166 valence electrons. The second-order valence-corrected chi connectivity index (χ2v) is 8.90. The van der Waals surface area contributed by atoms with Crippen LogP contribution in [0.1, 0.15) is 32.6 Å². The standard InChI is InChI=1S/C29H23N3O2/c1-17-9-11-20-16-32(29(33)24(20)13-17)27-8-4-5-21(18(27)2)22-6-3-7-25-28(22)23-12-10-19(15-30-34)14-26(23)31-25/h3-15,31,34H,16H2,1-2H3/b30-15+. The number of anilines is 1. The lowest BCUT2D eigenvalue weighted by molar-refractivity contribution is 0.0996. The van der Waals surface area contributed by atoms with E-state index in [9.17, 15) is 4.79 Å². The number of H-pyrrole nitrogens is 1.